The van der Waals surface area contributed by atoms with Gasteiger partial charge in [-0.15, -0.1) is 0 Å². The quantitative estimate of drug-likeness (QED) is 0.419. The molecule has 0 heterocycles. The number of benzene rings is 3. The molecule has 0 aliphatic heterocycles. The molecule has 29 heavy (non-hydrogen) atoms. The number of carbonyl (C=O) groups excluding carboxylic acids is 1. The average Bonchev–Trinajstić information content (AvgIpc) is 2.78. The van der Waals surface area contributed by atoms with E-state index < -0.39 is 11.0 Å². The van der Waals surface area contributed by atoms with Crippen LogP contribution in [0.2, 0.25) is 0 Å². The summed E-state index contributed by atoms with van der Waals surface area (Å²) in [6, 6.07) is 29.9. The van der Waals surface area contributed by atoms with Crippen molar-refractivity contribution in [1.29, 1.82) is 0 Å². The first-order valence-corrected chi connectivity index (χ1v) is 9.75. The Morgan fingerprint density at radius 1 is 0.724 bits per heavy atom. The molecule has 0 fully saturated rings. The van der Waals surface area contributed by atoms with Crippen LogP contribution in [-0.2, 0) is 14.9 Å². The Hall–Kier alpha value is -3.20. The highest BCUT2D eigenvalue weighted by Crippen LogP contribution is 2.39. The molecule has 0 spiro atoms. The number of rotatable bonds is 6. The van der Waals surface area contributed by atoms with E-state index in [9.17, 15) is 4.79 Å². The summed E-state index contributed by atoms with van der Waals surface area (Å²) in [5.74, 6) is -0.365. The SMILES string of the molecule is COC(=O)C(C)(N=C(c1ccccc1)c1ccccc1)C(C)(C)c1ccccc1. The van der Waals surface area contributed by atoms with Gasteiger partial charge in [0.2, 0.25) is 0 Å². The monoisotopic (exact) mass is 385 g/mol. The first-order chi connectivity index (χ1) is 13.9. The van der Waals surface area contributed by atoms with Gasteiger partial charge in [0.1, 0.15) is 0 Å². The molecule has 0 bridgehead atoms. The molecule has 0 N–H and O–H groups in total. The molecule has 0 radical (unpaired) electrons. The van der Waals surface area contributed by atoms with Crippen LogP contribution in [0.15, 0.2) is 96.0 Å². The van der Waals surface area contributed by atoms with Crippen LogP contribution in [0.3, 0.4) is 0 Å². The van der Waals surface area contributed by atoms with Crippen molar-refractivity contribution >= 4 is 11.7 Å². The lowest BCUT2D eigenvalue weighted by atomic mass is 9.68. The molecule has 3 aromatic rings. The van der Waals surface area contributed by atoms with Crippen molar-refractivity contribution in [1.82, 2.24) is 0 Å². The molecule has 0 aromatic heterocycles. The highest BCUT2D eigenvalue weighted by atomic mass is 16.5. The Kier molecular flexibility index (Phi) is 5.97. The predicted molar refractivity (Wildman–Crippen MR) is 118 cm³/mol. The van der Waals surface area contributed by atoms with E-state index in [0.717, 1.165) is 22.4 Å². The Bertz CT molecular complexity index is 937. The van der Waals surface area contributed by atoms with Gasteiger partial charge in [0.15, 0.2) is 5.54 Å². The molecule has 0 aliphatic rings. The van der Waals surface area contributed by atoms with Gasteiger partial charge in [-0.25, -0.2) is 4.79 Å². The van der Waals surface area contributed by atoms with Gasteiger partial charge in [-0.3, -0.25) is 4.99 Å². The van der Waals surface area contributed by atoms with Gasteiger partial charge in [0, 0.05) is 16.5 Å². The summed E-state index contributed by atoms with van der Waals surface area (Å²) in [7, 11) is 1.42. The number of carbonyl (C=O) groups is 1. The number of nitrogens with zero attached hydrogens (tertiary/aromatic N) is 1. The summed E-state index contributed by atoms with van der Waals surface area (Å²) < 4.78 is 5.25. The van der Waals surface area contributed by atoms with Crippen LogP contribution >= 0.6 is 0 Å². The third-order valence-electron chi connectivity index (χ3n) is 5.73. The van der Waals surface area contributed by atoms with Gasteiger partial charge < -0.3 is 4.74 Å². The fraction of sp³-hybridized carbons (Fsp3) is 0.231. The zero-order valence-electron chi connectivity index (χ0n) is 17.4. The van der Waals surface area contributed by atoms with Crippen molar-refractivity contribution in [2.45, 2.75) is 31.7 Å². The summed E-state index contributed by atoms with van der Waals surface area (Å²) in [5.41, 5.74) is 1.97. The van der Waals surface area contributed by atoms with Crippen molar-refractivity contribution < 1.29 is 9.53 Å². The second kappa shape index (κ2) is 8.44. The Balaban J connectivity index is 2.26. The average molecular weight is 386 g/mol. The third kappa shape index (κ3) is 4.00. The van der Waals surface area contributed by atoms with Gasteiger partial charge >= 0.3 is 5.97 Å². The van der Waals surface area contributed by atoms with E-state index in [-0.39, 0.29) is 5.97 Å². The Morgan fingerprint density at radius 3 is 1.55 bits per heavy atom. The molecule has 0 saturated heterocycles. The van der Waals surface area contributed by atoms with E-state index in [1.54, 1.807) is 0 Å². The maximum Gasteiger partial charge on any atom is 0.334 e. The van der Waals surface area contributed by atoms with Crippen LogP contribution in [0.5, 0.6) is 0 Å². The number of esters is 1. The maximum atomic E-state index is 13.1. The fourth-order valence-electron chi connectivity index (χ4n) is 3.49. The first kappa shape index (κ1) is 20.5. The molecule has 0 aliphatic carbocycles. The summed E-state index contributed by atoms with van der Waals surface area (Å²) in [5, 5.41) is 0. The third-order valence-corrected chi connectivity index (χ3v) is 5.73. The fourth-order valence-corrected chi connectivity index (χ4v) is 3.49. The van der Waals surface area contributed by atoms with Crippen LogP contribution in [0.4, 0.5) is 0 Å². The van der Waals surface area contributed by atoms with E-state index in [2.05, 4.69) is 0 Å². The van der Waals surface area contributed by atoms with E-state index in [0.29, 0.717) is 0 Å². The van der Waals surface area contributed by atoms with Crippen LogP contribution < -0.4 is 0 Å². The first-order valence-electron chi connectivity index (χ1n) is 9.75. The van der Waals surface area contributed by atoms with E-state index in [1.165, 1.54) is 7.11 Å². The normalized spacial score (nSPS) is 13.2. The van der Waals surface area contributed by atoms with Gasteiger partial charge in [-0.2, -0.15) is 0 Å². The van der Waals surface area contributed by atoms with Crippen molar-refractivity contribution in [3.63, 3.8) is 0 Å². The van der Waals surface area contributed by atoms with Crippen LogP contribution in [0, 0.1) is 0 Å². The van der Waals surface area contributed by atoms with Crippen molar-refractivity contribution in [2.75, 3.05) is 7.11 Å². The predicted octanol–water partition coefficient (Wildman–Crippen LogP) is 5.43. The van der Waals surface area contributed by atoms with Gasteiger partial charge in [-0.05, 0) is 12.5 Å². The molecule has 3 heteroatoms. The molecule has 0 amide bonds. The zero-order valence-corrected chi connectivity index (χ0v) is 17.4. The molecule has 1 unspecified atom stereocenters. The number of aliphatic imine (C=N–C) groups is 1. The number of hydrogen-bond donors (Lipinski definition) is 0. The standard InChI is InChI=1S/C26H27NO2/c1-25(2,22-18-12-7-13-19-22)26(3,24(28)29-4)27-23(20-14-8-5-9-15-20)21-16-10-6-11-17-21/h5-19H,1-4H3. The summed E-state index contributed by atoms with van der Waals surface area (Å²) >= 11 is 0. The highest BCUT2D eigenvalue weighted by molar-refractivity contribution is 6.14. The van der Waals surface area contributed by atoms with Gasteiger partial charge in [0.05, 0.1) is 12.8 Å². The van der Waals surface area contributed by atoms with Crippen molar-refractivity contribution in [3.8, 4) is 0 Å². The molecule has 0 saturated carbocycles. The van der Waals surface area contributed by atoms with Crippen LogP contribution in [-0.4, -0.2) is 24.3 Å². The molecule has 3 rings (SSSR count). The van der Waals surface area contributed by atoms with Crippen molar-refractivity contribution in [2.24, 2.45) is 4.99 Å². The number of methoxy groups -OCH3 is 1. The van der Waals surface area contributed by atoms with E-state index in [1.807, 2.05) is 112 Å². The van der Waals surface area contributed by atoms with Crippen LogP contribution in [0.1, 0.15) is 37.5 Å². The minimum atomic E-state index is -1.13. The zero-order chi connectivity index (χ0) is 20.9. The lowest BCUT2D eigenvalue weighted by Crippen LogP contribution is -2.51. The number of ether oxygens (including phenoxy) is 1. The lowest BCUT2D eigenvalue weighted by molar-refractivity contribution is -0.148. The Labute approximate surface area is 173 Å². The molecule has 3 nitrogen and oxygen atoms in total. The Morgan fingerprint density at radius 2 is 1.14 bits per heavy atom. The number of hydrogen-bond acceptors (Lipinski definition) is 3. The topological polar surface area (TPSA) is 38.7 Å². The highest BCUT2D eigenvalue weighted by Gasteiger charge is 2.49. The molecular weight excluding hydrogens is 358 g/mol. The van der Waals surface area contributed by atoms with E-state index in [4.69, 9.17) is 9.73 Å². The minimum absolute atomic E-state index is 0.365. The summed E-state index contributed by atoms with van der Waals surface area (Å²) in [4.78, 5) is 18.2. The second-order valence-electron chi connectivity index (χ2n) is 7.75. The van der Waals surface area contributed by atoms with Gasteiger partial charge in [0.25, 0.3) is 0 Å². The molecule has 148 valence electrons. The second-order valence-corrected chi connectivity index (χ2v) is 7.75. The van der Waals surface area contributed by atoms with E-state index >= 15 is 0 Å². The molecular formula is C26H27NO2. The van der Waals surface area contributed by atoms with Crippen molar-refractivity contribution in [3.05, 3.63) is 108 Å². The maximum absolute atomic E-state index is 13.1. The molecule has 3 aromatic carbocycles. The summed E-state index contributed by atoms with van der Waals surface area (Å²) in [6.07, 6.45) is 0. The lowest BCUT2D eigenvalue weighted by Gasteiger charge is -2.40. The molecule has 1 atom stereocenters. The van der Waals surface area contributed by atoms with Crippen LogP contribution in [0.25, 0.3) is 0 Å². The summed E-state index contributed by atoms with van der Waals surface area (Å²) in [6.45, 7) is 5.93. The largest absolute Gasteiger partial charge is 0.467 e. The van der Waals surface area contributed by atoms with Gasteiger partial charge in [-0.1, -0.05) is 105 Å². The smallest absolute Gasteiger partial charge is 0.334 e. The minimum Gasteiger partial charge on any atom is -0.467 e.